The van der Waals surface area contributed by atoms with E-state index >= 15 is 0 Å². The molecule has 1 aromatic carbocycles. The Labute approximate surface area is 127 Å². The minimum absolute atomic E-state index is 0.118. The Morgan fingerprint density at radius 2 is 2.05 bits per heavy atom. The Kier molecular flexibility index (Phi) is 3.66. The summed E-state index contributed by atoms with van der Waals surface area (Å²) in [5.41, 5.74) is -0.0393. The number of rotatable bonds is 5. The van der Waals surface area contributed by atoms with Gasteiger partial charge in [-0.2, -0.15) is 0 Å². The lowest BCUT2D eigenvalue weighted by Crippen LogP contribution is -2.35. The molecule has 22 heavy (non-hydrogen) atoms. The lowest BCUT2D eigenvalue weighted by Gasteiger charge is -2.28. The van der Waals surface area contributed by atoms with Crippen molar-refractivity contribution in [1.29, 1.82) is 0 Å². The summed E-state index contributed by atoms with van der Waals surface area (Å²) in [6.45, 7) is 1.88. The normalized spacial score (nSPS) is 15.3. The number of amides is 1. The van der Waals surface area contributed by atoms with E-state index in [1.54, 1.807) is 29.4 Å². The van der Waals surface area contributed by atoms with Crippen LogP contribution >= 0.6 is 0 Å². The molecule has 1 aliphatic carbocycles. The third kappa shape index (κ3) is 2.59. The molecule has 0 aliphatic heterocycles. The molecule has 1 amide bonds. The Morgan fingerprint density at radius 3 is 2.64 bits per heavy atom. The molecular formula is C16H16N2O4. The van der Waals surface area contributed by atoms with E-state index < -0.39 is 4.92 Å². The van der Waals surface area contributed by atoms with Gasteiger partial charge in [-0.05, 0) is 38.0 Å². The summed E-state index contributed by atoms with van der Waals surface area (Å²) in [7, 11) is 0. The van der Waals surface area contributed by atoms with Crippen LogP contribution in [0.1, 0.15) is 41.9 Å². The molecule has 2 aromatic rings. The quantitative estimate of drug-likeness (QED) is 0.625. The van der Waals surface area contributed by atoms with Crippen LogP contribution in [0.25, 0.3) is 0 Å². The van der Waals surface area contributed by atoms with Crippen molar-refractivity contribution < 1.29 is 14.1 Å². The highest BCUT2D eigenvalue weighted by atomic mass is 16.6. The largest absolute Gasteiger partial charge is 0.467 e. The van der Waals surface area contributed by atoms with Crippen LogP contribution < -0.4 is 0 Å². The maximum atomic E-state index is 12.9. The molecule has 0 spiro atoms. The minimum Gasteiger partial charge on any atom is -0.467 e. The number of hydrogen-bond acceptors (Lipinski definition) is 4. The summed E-state index contributed by atoms with van der Waals surface area (Å²) >= 11 is 0. The SMILES string of the molecule is CC(c1ccco1)N(C(=O)c1ccccc1[N+](=O)[O-])C1CC1. The van der Waals surface area contributed by atoms with E-state index in [-0.39, 0.29) is 29.2 Å². The molecule has 0 radical (unpaired) electrons. The second kappa shape index (κ2) is 5.63. The first-order chi connectivity index (χ1) is 10.6. The summed E-state index contributed by atoms with van der Waals surface area (Å²) in [5.74, 6) is 0.359. The molecule has 1 aliphatic rings. The predicted molar refractivity (Wildman–Crippen MR) is 79.4 cm³/mol. The zero-order valence-corrected chi connectivity index (χ0v) is 12.1. The van der Waals surface area contributed by atoms with E-state index in [0.29, 0.717) is 5.76 Å². The van der Waals surface area contributed by atoms with Gasteiger partial charge in [-0.3, -0.25) is 14.9 Å². The number of benzene rings is 1. The molecule has 114 valence electrons. The molecule has 1 fully saturated rings. The van der Waals surface area contributed by atoms with Crippen LogP contribution in [-0.2, 0) is 0 Å². The van der Waals surface area contributed by atoms with Gasteiger partial charge in [-0.1, -0.05) is 12.1 Å². The van der Waals surface area contributed by atoms with Gasteiger partial charge in [-0.25, -0.2) is 0 Å². The first-order valence-corrected chi connectivity index (χ1v) is 7.19. The molecule has 1 heterocycles. The van der Waals surface area contributed by atoms with Gasteiger partial charge in [0.25, 0.3) is 11.6 Å². The number of carbonyl (C=O) groups is 1. The standard InChI is InChI=1S/C16H16N2O4/c1-11(15-7-4-10-22-15)17(12-8-9-12)16(19)13-5-2-3-6-14(13)18(20)21/h2-7,10-12H,8-9H2,1H3. The first-order valence-electron chi connectivity index (χ1n) is 7.19. The molecular weight excluding hydrogens is 284 g/mol. The van der Waals surface area contributed by atoms with Crippen LogP contribution in [-0.4, -0.2) is 21.8 Å². The van der Waals surface area contributed by atoms with Crippen LogP contribution in [0, 0.1) is 10.1 Å². The first kappa shape index (κ1) is 14.3. The maximum absolute atomic E-state index is 12.9. The fraction of sp³-hybridized carbons (Fsp3) is 0.312. The second-order valence-corrected chi connectivity index (χ2v) is 5.41. The molecule has 0 saturated heterocycles. The number of para-hydroxylation sites is 1. The third-order valence-corrected chi connectivity index (χ3v) is 3.88. The van der Waals surface area contributed by atoms with Crippen LogP contribution in [0.3, 0.4) is 0 Å². The fourth-order valence-corrected chi connectivity index (χ4v) is 2.63. The number of nitro benzene ring substituents is 1. The van der Waals surface area contributed by atoms with E-state index in [1.165, 1.54) is 12.1 Å². The second-order valence-electron chi connectivity index (χ2n) is 5.41. The van der Waals surface area contributed by atoms with Gasteiger partial charge in [0.1, 0.15) is 11.3 Å². The van der Waals surface area contributed by atoms with E-state index in [2.05, 4.69) is 0 Å². The van der Waals surface area contributed by atoms with Gasteiger partial charge in [0, 0.05) is 12.1 Å². The summed E-state index contributed by atoms with van der Waals surface area (Å²) in [6, 6.07) is 9.51. The summed E-state index contributed by atoms with van der Waals surface area (Å²) in [4.78, 5) is 25.2. The Balaban J connectivity index is 1.96. The maximum Gasteiger partial charge on any atom is 0.282 e. The van der Waals surface area contributed by atoms with Crippen molar-refractivity contribution in [2.75, 3.05) is 0 Å². The van der Waals surface area contributed by atoms with Crippen molar-refractivity contribution >= 4 is 11.6 Å². The number of hydrogen-bond donors (Lipinski definition) is 0. The lowest BCUT2D eigenvalue weighted by molar-refractivity contribution is -0.385. The number of nitrogens with zero attached hydrogens (tertiary/aromatic N) is 2. The zero-order valence-electron chi connectivity index (χ0n) is 12.1. The van der Waals surface area contributed by atoms with Crippen molar-refractivity contribution in [1.82, 2.24) is 4.90 Å². The van der Waals surface area contributed by atoms with Crippen LogP contribution in [0.15, 0.2) is 47.1 Å². The molecule has 6 nitrogen and oxygen atoms in total. The van der Waals surface area contributed by atoms with Crippen molar-refractivity contribution in [3.8, 4) is 0 Å². The van der Waals surface area contributed by atoms with Crippen molar-refractivity contribution in [3.63, 3.8) is 0 Å². The fourth-order valence-electron chi connectivity index (χ4n) is 2.63. The molecule has 3 rings (SSSR count). The van der Waals surface area contributed by atoms with Crippen LogP contribution in [0.2, 0.25) is 0 Å². The molecule has 0 N–H and O–H groups in total. The highest BCUT2D eigenvalue weighted by Gasteiger charge is 2.39. The average molecular weight is 300 g/mol. The van der Waals surface area contributed by atoms with E-state index in [0.717, 1.165) is 12.8 Å². The van der Waals surface area contributed by atoms with Crippen molar-refractivity contribution in [2.45, 2.75) is 31.8 Å². The molecule has 1 atom stereocenters. The average Bonchev–Trinajstić information content (AvgIpc) is 3.19. The van der Waals surface area contributed by atoms with Crippen LogP contribution in [0.4, 0.5) is 5.69 Å². The van der Waals surface area contributed by atoms with Gasteiger partial charge >= 0.3 is 0 Å². The third-order valence-electron chi connectivity index (χ3n) is 3.88. The van der Waals surface area contributed by atoms with Crippen LogP contribution in [0.5, 0.6) is 0 Å². The molecule has 1 unspecified atom stereocenters. The van der Waals surface area contributed by atoms with Gasteiger partial charge in [-0.15, -0.1) is 0 Å². The monoisotopic (exact) mass is 300 g/mol. The zero-order chi connectivity index (χ0) is 15.7. The van der Waals surface area contributed by atoms with Crippen molar-refractivity contribution in [3.05, 3.63) is 64.1 Å². The van der Waals surface area contributed by atoms with Gasteiger partial charge in [0.2, 0.25) is 0 Å². The van der Waals surface area contributed by atoms with Gasteiger partial charge < -0.3 is 9.32 Å². The molecule has 0 bridgehead atoms. The smallest absolute Gasteiger partial charge is 0.282 e. The Hall–Kier alpha value is -2.63. The van der Waals surface area contributed by atoms with Crippen molar-refractivity contribution in [2.24, 2.45) is 0 Å². The topological polar surface area (TPSA) is 76.6 Å². The number of carbonyl (C=O) groups excluding carboxylic acids is 1. The lowest BCUT2D eigenvalue weighted by atomic mass is 10.1. The molecule has 1 saturated carbocycles. The highest BCUT2D eigenvalue weighted by Crippen LogP contribution is 2.36. The highest BCUT2D eigenvalue weighted by molar-refractivity contribution is 5.98. The minimum atomic E-state index is -0.518. The van der Waals surface area contributed by atoms with E-state index in [1.807, 2.05) is 13.0 Å². The summed E-state index contributed by atoms with van der Waals surface area (Å²) < 4.78 is 5.39. The number of furan rings is 1. The van der Waals surface area contributed by atoms with Gasteiger partial charge in [0.15, 0.2) is 0 Å². The van der Waals surface area contributed by atoms with E-state index in [9.17, 15) is 14.9 Å². The molecule has 1 aromatic heterocycles. The van der Waals surface area contributed by atoms with Gasteiger partial charge in [0.05, 0.1) is 17.2 Å². The van der Waals surface area contributed by atoms with E-state index in [4.69, 9.17) is 4.42 Å². The predicted octanol–water partition coefficient (Wildman–Crippen LogP) is 3.55. The number of nitro groups is 1. The summed E-state index contributed by atoms with van der Waals surface area (Å²) in [5, 5.41) is 11.1. The Morgan fingerprint density at radius 1 is 1.32 bits per heavy atom. The Bertz CT molecular complexity index is 692. The molecule has 6 heteroatoms. The summed E-state index contributed by atoms with van der Waals surface area (Å²) in [6.07, 6.45) is 3.39.